The number of carbonyl (C=O) groups is 1. The molecule has 1 aromatic rings. The van der Waals surface area contributed by atoms with E-state index in [-0.39, 0.29) is 11.3 Å². The Bertz CT molecular complexity index is 414. The van der Waals surface area contributed by atoms with Gasteiger partial charge in [0.2, 0.25) is 0 Å². The van der Waals surface area contributed by atoms with Crippen molar-refractivity contribution >= 4 is 23.7 Å². The van der Waals surface area contributed by atoms with Gasteiger partial charge in [-0.1, -0.05) is 11.6 Å². The summed E-state index contributed by atoms with van der Waals surface area (Å²) in [6.45, 7) is 3.56. The van der Waals surface area contributed by atoms with Crippen molar-refractivity contribution in [2.75, 3.05) is 18.5 Å². The topological polar surface area (TPSA) is 64.1 Å². The normalized spacial score (nSPS) is 23.6. The summed E-state index contributed by atoms with van der Waals surface area (Å²) in [6, 6.07) is 0. The molecule has 92 valence electrons. The Morgan fingerprint density at radius 2 is 2.47 bits per heavy atom. The number of hydrogen-bond donors (Lipinski definition) is 1. The third-order valence-corrected chi connectivity index (χ3v) is 3.32. The van der Waals surface area contributed by atoms with Crippen molar-refractivity contribution < 1.29 is 9.53 Å². The van der Waals surface area contributed by atoms with Gasteiger partial charge in [-0.2, -0.15) is 0 Å². The fourth-order valence-corrected chi connectivity index (χ4v) is 2.07. The van der Waals surface area contributed by atoms with Crippen LogP contribution in [0.25, 0.3) is 0 Å². The first kappa shape index (κ1) is 12.3. The smallest absolute Gasteiger partial charge is 0.156 e. The van der Waals surface area contributed by atoms with Crippen LogP contribution in [0.1, 0.15) is 23.7 Å². The molecular weight excluding hydrogens is 242 g/mol. The molecule has 1 saturated heterocycles. The molecule has 2 atom stereocenters. The highest BCUT2D eigenvalue weighted by Gasteiger charge is 2.24. The van der Waals surface area contributed by atoms with E-state index in [1.165, 1.54) is 6.33 Å². The summed E-state index contributed by atoms with van der Waals surface area (Å²) in [5, 5.41) is 3.30. The van der Waals surface area contributed by atoms with Gasteiger partial charge in [0.15, 0.2) is 6.29 Å². The van der Waals surface area contributed by atoms with E-state index in [1.54, 1.807) is 0 Å². The lowest BCUT2D eigenvalue weighted by Gasteiger charge is -2.15. The Morgan fingerprint density at radius 1 is 1.65 bits per heavy atom. The summed E-state index contributed by atoms with van der Waals surface area (Å²) < 4.78 is 5.47. The van der Waals surface area contributed by atoms with E-state index >= 15 is 0 Å². The molecule has 1 N–H and O–H groups in total. The first-order chi connectivity index (χ1) is 8.22. The maximum Gasteiger partial charge on any atom is 0.156 e. The third-order valence-electron chi connectivity index (χ3n) is 3.02. The Balaban J connectivity index is 2.03. The Hall–Kier alpha value is -1.20. The minimum Gasteiger partial charge on any atom is -0.378 e. The number of nitrogens with one attached hydrogen (secondary N) is 1. The van der Waals surface area contributed by atoms with Crippen molar-refractivity contribution in [1.29, 1.82) is 0 Å². The zero-order chi connectivity index (χ0) is 12.3. The molecule has 0 spiro atoms. The quantitative estimate of drug-likeness (QED) is 0.656. The fourth-order valence-electron chi connectivity index (χ4n) is 1.89. The van der Waals surface area contributed by atoms with Gasteiger partial charge in [-0.05, 0) is 13.3 Å². The fraction of sp³-hybridized carbons (Fsp3) is 0.545. The molecule has 0 bridgehead atoms. The molecule has 1 aromatic heterocycles. The van der Waals surface area contributed by atoms with Crippen LogP contribution < -0.4 is 5.32 Å². The highest BCUT2D eigenvalue weighted by molar-refractivity contribution is 6.32. The van der Waals surface area contributed by atoms with Crippen molar-refractivity contribution in [1.82, 2.24) is 9.97 Å². The van der Waals surface area contributed by atoms with Gasteiger partial charge in [-0.15, -0.1) is 0 Å². The van der Waals surface area contributed by atoms with Gasteiger partial charge in [0.1, 0.15) is 17.3 Å². The van der Waals surface area contributed by atoms with E-state index in [9.17, 15) is 4.79 Å². The first-order valence-electron chi connectivity index (χ1n) is 5.53. The van der Waals surface area contributed by atoms with E-state index in [2.05, 4.69) is 15.3 Å². The number of anilines is 1. The van der Waals surface area contributed by atoms with Gasteiger partial charge in [-0.25, -0.2) is 9.97 Å². The van der Waals surface area contributed by atoms with Crippen LogP contribution in [0.4, 0.5) is 5.82 Å². The minimum atomic E-state index is 0.174. The maximum atomic E-state index is 10.9. The van der Waals surface area contributed by atoms with Crippen LogP contribution in [0.15, 0.2) is 6.33 Å². The number of aldehydes is 1. The van der Waals surface area contributed by atoms with Gasteiger partial charge in [0.25, 0.3) is 0 Å². The number of halogens is 1. The molecule has 1 aliphatic rings. The lowest BCUT2D eigenvalue weighted by molar-refractivity contribution is 0.108. The van der Waals surface area contributed by atoms with Crippen molar-refractivity contribution in [3.05, 3.63) is 17.0 Å². The predicted octanol–water partition coefficient (Wildman–Crippen LogP) is 1.78. The van der Waals surface area contributed by atoms with Crippen LogP contribution in [0.3, 0.4) is 0 Å². The van der Waals surface area contributed by atoms with Gasteiger partial charge in [0.05, 0.1) is 11.7 Å². The molecule has 5 nitrogen and oxygen atoms in total. The lowest BCUT2D eigenvalue weighted by atomic mass is 10.0. The SMILES string of the molecule is CC1OCCC1CNc1ncnc(Cl)c1C=O. The summed E-state index contributed by atoms with van der Waals surface area (Å²) in [5.74, 6) is 0.919. The van der Waals surface area contributed by atoms with Crippen LogP contribution in [-0.4, -0.2) is 35.5 Å². The maximum absolute atomic E-state index is 10.9. The van der Waals surface area contributed by atoms with Crippen molar-refractivity contribution in [2.45, 2.75) is 19.4 Å². The molecule has 0 aliphatic carbocycles. The number of rotatable bonds is 4. The van der Waals surface area contributed by atoms with Crippen molar-refractivity contribution in [3.8, 4) is 0 Å². The summed E-state index contributed by atoms with van der Waals surface area (Å²) in [4.78, 5) is 18.7. The van der Waals surface area contributed by atoms with Gasteiger partial charge < -0.3 is 10.1 Å². The monoisotopic (exact) mass is 255 g/mol. The number of hydrogen-bond acceptors (Lipinski definition) is 5. The number of ether oxygens (including phenoxy) is 1. The van der Waals surface area contributed by atoms with E-state index < -0.39 is 0 Å². The van der Waals surface area contributed by atoms with E-state index in [0.29, 0.717) is 23.6 Å². The second kappa shape index (κ2) is 5.42. The lowest BCUT2D eigenvalue weighted by Crippen LogP contribution is -2.21. The zero-order valence-corrected chi connectivity index (χ0v) is 10.3. The molecule has 0 aromatic carbocycles. The zero-order valence-electron chi connectivity index (χ0n) is 9.52. The van der Waals surface area contributed by atoms with E-state index in [4.69, 9.17) is 16.3 Å². The van der Waals surface area contributed by atoms with Crippen molar-refractivity contribution in [3.63, 3.8) is 0 Å². The Labute approximate surface area is 105 Å². The number of carbonyl (C=O) groups excluding carboxylic acids is 1. The van der Waals surface area contributed by atoms with Crippen LogP contribution in [0.2, 0.25) is 5.15 Å². The minimum absolute atomic E-state index is 0.174. The molecule has 0 radical (unpaired) electrons. The first-order valence-corrected chi connectivity index (χ1v) is 5.91. The molecule has 6 heteroatoms. The molecule has 0 saturated carbocycles. The third kappa shape index (κ3) is 2.73. The highest BCUT2D eigenvalue weighted by Crippen LogP contribution is 2.22. The van der Waals surface area contributed by atoms with Gasteiger partial charge >= 0.3 is 0 Å². The van der Waals surface area contributed by atoms with Gasteiger partial charge in [-0.3, -0.25) is 4.79 Å². The predicted molar refractivity (Wildman–Crippen MR) is 64.4 cm³/mol. The average Bonchev–Trinajstić information content (AvgIpc) is 2.72. The van der Waals surface area contributed by atoms with Crippen LogP contribution in [-0.2, 0) is 4.74 Å². The summed E-state index contributed by atoms with van der Waals surface area (Å²) >= 11 is 5.81. The van der Waals surface area contributed by atoms with Crippen LogP contribution in [0, 0.1) is 5.92 Å². The van der Waals surface area contributed by atoms with Crippen molar-refractivity contribution in [2.24, 2.45) is 5.92 Å². The summed E-state index contributed by atoms with van der Waals surface area (Å²) in [6.07, 6.45) is 3.26. The molecule has 1 fully saturated rings. The molecular formula is C11H14ClN3O2. The summed E-state index contributed by atoms with van der Waals surface area (Å²) in [7, 11) is 0. The second-order valence-electron chi connectivity index (χ2n) is 4.05. The Kier molecular flexibility index (Phi) is 3.91. The van der Waals surface area contributed by atoms with Crippen LogP contribution >= 0.6 is 11.6 Å². The molecule has 2 heterocycles. The van der Waals surface area contributed by atoms with Crippen LogP contribution in [0.5, 0.6) is 0 Å². The summed E-state index contributed by atoms with van der Waals surface area (Å²) in [5.41, 5.74) is 0.306. The standard InChI is InChI=1S/C11H14ClN3O2/c1-7-8(2-3-17-7)4-13-11-9(5-16)10(12)14-6-15-11/h5-8H,2-4H2,1H3,(H,13,14,15). The average molecular weight is 256 g/mol. The molecule has 17 heavy (non-hydrogen) atoms. The largest absolute Gasteiger partial charge is 0.378 e. The molecule has 2 unspecified atom stereocenters. The van der Waals surface area contributed by atoms with E-state index in [0.717, 1.165) is 19.6 Å². The highest BCUT2D eigenvalue weighted by atomic mass is 35.5. The molecule has 0 amide bonds. The second-order valence-corrected chi connectivity index (χ2v) is 4.41. The number of nitrogens with zero attached hydrogens (tertiary/aromatic N) is 2. The molecule has 2 rings (SSSR count). The van der Waals surface area contributed by atoms with E-state index in [1.807, 2.05) is 6.92 Å². The number of aromatic nitrogens is 2. The molecule has 1 aliphatic heterocycles. The van der Waals surface area contributed by atoms with Gasteiger partial charge in [0, 0.05) is 19.1 Å². The Morgan fingerprint density at radius 3 is 3.12 bits per heavy atom.